The van der Waals surface area contributed by atoms with Gasteiger partial charge in [0.2, 0.25) is 0 Å². The van der Waals surface area contributed by atoms with E-state index in [9.17, 15) is 0 Å². The summed E-state index contributed by atoms with van der Waals surface area (Å²) in [6.45, 7) is 3.64. The molecule has 0 aliphatic heterocycles. The van der Waals surface area contributed by atoms with Crippen LogP contribution in [0.3, 0.4) is 0 Å². The Kier molecular flexibility index (Phi) is 3.66. The summed E-state index contributed by atoms with van der Waals surface area (Å²) < 4.78 is 1.01. The van der Waals surface area contributed by atoms with E-state index >= 15 is 0 Å². The molecule has 0 spiro atoms. The monoisotopic (exact) mass is 229 g/mol. The Morgan fingerprint density at radius 2 is 2.45 bits per heavy atom. The highest BCUT2D eigenvalue weighted by Gasteiger charge is 1.91. The summed E-state index contributed by atoms with van der Waals surface area (Å²) in [5.74, 6) is 0.911. The van der Waals surface area contributed by atoms with Crippen molar-refractivity contribution >= 4 is 27.7 Å². The predicted octanol–water partition coefficient (Wildman–Crippen LogP) is 3.12. The van der Waals surface area contributed by atoms with Gasteiger partial charge in [-0.15, -0.1) is 18.3 Å². The third kappa shape index (κ3) is 3.08. The molecule has 1 aromatic rings. The molecule has 3 heteroatoms. The van der Waals surface area contributed by atoms with E-state index in [0.717, 1.165) is 15.3 Å². The summed E-state index contributed by atoms with van der Waals surface area (Å²) in [7, 11) is 0. The maximum absolute atomic E-state index is 4.18. The van der Waals surface area contributed by atoms with Crippen LogP contribution in [0.5, 0.6) is 0 Å². The number of pyridine rings is 1. The van der Waals surface area contributed by atoms with Crippen molar-refractivity contribution in [2.75, 3.05) is 5.75 Å². The number of rotatable bonds is 3. The van der Waals surface area contributed by atoms with Gasteiger partial charge in [0.25, 0.3) is 0 Å². The van der Waals surface area contributed by atoms with Crippen LogP contribution >= 0.6 is 27.7 Å². The van der Waals surface area contributed by atoms with Crippen molar-refractivity contribution in [1.29, 1.82) is 0 Å². The summed E-state index contributed by atoms with van der Waals surface area (Å²) in [6, 6.07) is 3.97. The molecule has 0 unspecified atom stereocenters. The Hall–Kier alpha value is -0.280. The minimum absolute atomic E-state index is 0.911. The van der Waals surface area contributed by atoms with Crippen molar-refractivity contribution in [3.63, 3.8) is 0 Å². The summed E-state index contributed by atoms with van der Waals surface area (Å²) >= 11 is 5.00. The van der Waals surface area contributed by atoms with Gasteiger partial charge in [0, 0.05) is 16.4 Å². The Bertz CT molecular complexity index is 232. The van der Waals surface area contributed by atoms with Crippen LogP contribution < -0.4 is 0 Å². The van der Waals surface area contributed by atoms with Gasteiger partial charge in [0.05, 0.1) is 5.03 Å². The topological polar surface area (TPSA) is 12.9 Å². The highest BCUT2D eigenvalue weighted by Crippen LogP contribution is 2.16. The molecule has 1 aromatic heterocycles. The van der Waals surface area contributed by atoms with E-state index < -0.39 is 0 Å². The number of hydrogen-bond donors (Lipinski definition) is 0. The highest BCUT2D eigenvalue weighted by atomic mass is 79.9. The molecule has 0 aromatic carbocycles. The van der Waals surface area contributed by atoms with E-state index in [1.54, 1.807) is 18.0 Å². The maximum Gasteiger partial charge on any atom is 0.0963 e. The molecule has 0 amide bonds. The Morgan fingerprint density at radius 3 is 3.00 bits per heavy atom. The molecule has 0 fully saturated rings. The molecule has 1 heterocycles. The lowest BCUT2D eigenvalue weighted by Gasteiger charge is -1.95. The Balaban J connectivity index is 2.58. The Morgan fingerprint density at radius 1 is 1.64 bits per heavy atom. The first-order valence-corrected chi connectivity index (χ1v) is 4.96. The lowest BCUT2D eigenvalue weighted by Crippen LogP contribution is -1.78. The fourth-order valence-electron chi connectivity index (χ4n) is 0.592. The average Bonchev–Trinajstić information content (AvgIpc) is 2.04. The van der Waals surface area contributed by atoms with Crippen molar-refractivity contribution in [3.8, 4) is 0 Å². The summed E-state index contributed by atoms with van der Waals surface area (Å²) in [6.07, 6.45) is 3.67. The SMILES string of the molecule is C=CCSc1ccc(Br)cn1. The van der Waals surface area contributed by atoms with Crippen molar-refractivity contribution in [1.82, 2.24) is 4.98 Å². The van der Waals surface area contributed by atoms with Crippen LogP contribution in [0.2, 0.25) is 0 Å². The van der Waals surface area contributed by atoms with Crippen molar-refractivity contribution in [3.05, 3.63) is 35.5 Å². The predicted molar refractivity (Wildman–Crippen MR) is 52.9 cm³/mol. The second-order valence-corrected chi connectivity index (χ2v) is 3.87. The smallest absolute Gasteiger partial charge is 0.0963 e. The number of hydrogen-bond acceptors (Lipinski definition) is 2. The van der Waals surface area contributed by atoms with Crippen molar-refractivity contribution in [2.24, 2.45) is 0 Å². The molecule has 1 nitrogen and oxygen atoms in total. The first-order valence-electron chi connectivity index (χ1n) is 3.18. The van der Waals surface area contributed by atoms with Gasteiger partial charge in [-0.05, 0) is 28.1 Å². The third-order valence-electron chi connectivity index (χ3n) is 1.05. The van der Waals surface area contributed by atoms with Gasteiger partial charge in [-0.3, -0.25) is 0 Å². The lowest BCUT2D eigenvalue weighted by atomic mass is 10.5. The number of nitrogens with zero attached hydrogens (tertiary/aromatic N) is 1. The molecule has 0 N–H and O–H groups in total. The number of aromatic nitrogens is 1. The summed E-state index contributed by atoms with van der Waals surface area (Å²) in [5.41, 5.74) is 0. The molecule has 0 saturated carbocycles. The second kappa shape index (κ2) is 4.57. The number of halogens is 1. The summed E-state index contributed by atoms with van der Waals surface area (Å²) in [4.78, 5) is 4.18. The Labute approximate surface area is 79.0 Å². The molecule has 58 valence electrons. The van der Waals surface area contributed by atoms with E-state index in [-0.39, 0.29) is 0 Å². The fraction of sp³-hybridized carbons (Fsp3) is 0.125. The van der Waals surface area contributed by atoms with E-state index in [0.29, 0.717) is 0 Å². The minimum atomic E-state index is 0.911. The van der Waals surface area contributed by atoms with Gasteiger partial charge >= 0.3 is 0 Å². The van der Waals surface area contributed by atoms with Crippen LogP contribution in [0, 0.1) is 0 Å². The molecular weight excluding hydrogens is 222 g/mol. The zero-order valence-corrected chi connectivity index (χ0v) is 8.36. The van der Waals surface area contributed by atoms with Crippen LogP contribution in [0.4, 0.5) is 0 Å². The lowest BCUT2D eigenvalue weighted by molar-refractivity contribution is 1.13. The van der Waals surface area contributed by atoms with Crippen molar-refractivity contribution in [2.45, 2.75) is 5.03 Å². The second-order valence-electron chi connectivity index (χ2n) is 1.91. The van der Waals surface area contributed by atoms with Crippen LogP contribution in [-0.2, 0) is 0 Å². The summed E-state index contributed by atoms with van der Waals surface area (Å²) in [5, 5.41) is 1.04. The van der Waals surface area contributed by atoms with Gasteiger partial charge in [-0.25, -0.2) is 4.98 Å². The third-order valence-corrected chi connectivity index (χ3v) is 2.46. The minimum Gasteiger partial charge on any atom is -0.249 e. The fourth-order valence-corrected chi connectivity index (χ4v) is 1.41. The normalized spacial score (nSPS) is 9.55. The maximum atomic E-state index is 4.18. The van der Waals surface area contributed by atoms with Gasteiger partial charge in [-0.2, -0.15) is 0 Å². The highest BCUT2D eigenvalue weighted by molar-refractivity contribution is 9.10. The van der Waals surface area contributed by atoms with Crippen LogP contribution in [-0.4, -0.2) is 10.7 Å². The van der Waals surface area contributed by atoms with Crippen LogP contribution in [0.25, 0.3) is 0 Å². The molecule has 1 rings (SSSR count). The average molecular weight is 230 g/mol. The zero-order chi connectivity index (χ0) is 8.10. The molecule has 0 aliphatic rings. The molecule has 0 saturated heterocycles. The standard InChI is InChI=1S/C8H8BrNS/c1-2-5-11-8-4-3-7(9)6-10-8/h2-4,6H,1,5H2. The van der Waals surface area contributed by atoms with Crippen LogP contribution in [0.1, 0.15) is 0 Å². The van der Waals surface area contributed by atoms with Gasteiger partial charge in [0.15, 0.2) is 0 Å². The van der Waals surface area contributed by atoms with Gasteiger partial charge in [-0.1, -0.05) is 6.08 Å². The first kappa shape index (κ1) is 8.81. The largest absolute Gasteiger partial charge is 0.249 e. The zero-order valence-electron chi connectivity index (χ0n) is 5.96. The van der Waals surface area contributed by atoms with Gasteiger partial charge in [0.1, 0.15) is 0 Å². The first-order chi connectivity index (χ1) is 5.33. The van der Waals surface area contributed by atoms with E-state index in [1.165, 1.54) is 0 Å². The van der Waals surface area contributed by atoms with Crippen molar-refractivity contribution < 1.29 is 0 Å². The van der Waals surface area contributed by atoms with E-state index in [2.05, 4.69) is 27.5 Å². The molecule has 0 aliphatic carbocycles. The molecule has 11 heavy (non-hydrogen) atoms. The molecule has 0 atom stereocenters. The van der Waals surface area contributed by atoms with E-state index in [1.807, 2.05) is 18.2 Å². The molecule has 0 radical (unpaired) electrons. The molecule has 0 bridgehead atoms. The van der Waals surface area contributed by atoms with E-state index in [4.69, 9.17) is 0 Å². The molecular formula is C8H8BrNS. The van der Waals surface area contributed by atoms with Gasteiger partial charge < -0.3 is 0 Å². The van der Waals surface area contributed by atoms with Crippen LogP contribution in [0.15, 0.2) is 40.5 Å². The number of thioether (sulfide) groups is 1. The quantitative estimate of drug-likeness (QED) is 0.584.